The first kappa shape index (κ1) is 23.5. The fourth-order valence-electron chi connectivity index (χ4n) is 3.70. The minimum atomic E-state index is -0.978. The molecule has 2 aliphatic rings. The van der Waals surface area contributed by atoms with Crippen molar-refractivity contribution < 1.29 is 28.7 Å². The van der Waals surface area contributed by atoms with E-state index in [1.54, 1.807) is 6.07 Å². The van der Waals surface area contributed by atoms with Gasteiger partial charge in [-0.25, -0.2) is 0 Å². The van der Waals surface area contributed by atoms with Gasteiger partial charge in [0.25, 0.3) is 11.8 Å². The summed E-state index contributed by atoms with van der Waals surface area (Å²) in [6.07, 6.45) is 4.41. The van der Waals surface area contributed by atoms with Crippen LogP contribution in [0.2, 0.25) is 0 Å². The summed E-state index contributed by atoms with van der Waals surface area (Å²) < 4.78 is 11.2. The van der Waals surface area contributed by atoms with Crippen LogP contribution in [0.1, 0.15) is 65.7 Å². The summed E-state index contributed by atoms with van der Waals surface area (Å²) in [6.45, 7) is 2.07. The van der Waals surface area contributed by atoms with Gasteiger partial charge in [0, 0.05) is 19.6 Å². The molecule has 2 aliphatic heterocycles. The van der Waals surface area contributed by atoms with E-state index in [0.717, 1.165) is 37.0 Å². The number of nitroso groups, excluding NO2 is 1. The molecule has 0 spiro atoms. The molecule has 1 fully saturated rings. The first-order valence-electron chi connectivity index (χ1n) is 10.9. The molecule has 0 radical (unpaired) electrons. The molecule has 3 rings (SSSR count). The Morgan fingerprint density at radius 3 is 2.41 bits per heavy atom. The summed E-state index contributed by atoms with van der Waals surface area (Å²) in [5.41, 5.74) is 0.434. The summed E-state index contributed by atoms with van der Waals surface area (Å²) in [5.74, 6) is -1.64. The fraction of sp³-hybridized carbons (Fsp3) is 0.545. The van der Waals surface area contributed by atoms with Crippen LogP contribution in [-0.4, -0.2) is 60.9 Å². The second-order valence-electron chi connectivity index (χ2n) is 7.74. The Kier molecular flexibility index (Phi) is 8.43. The molecule has 1 unspecified atom stereocenters. The van der Waals surface area contributed by atoms with E-state index >= 15 is 0 Å². The maximum Gasteiger partial charge on any atom is 0.262 e. The third-order valence-corrected chi connectivity index (χ3v) is 5.40. The first-order valence-corrected chi connectivity index (χ1v) is 10.9. The number of nitrogens with zero attached hydrogens (tertiary/aromatic N) is 2. The molecule has 0 aliphatic carbocycles. The summed E-state index contributed by atoms with van der Waals surface area (Å²) in [4.78, 5) is 59.8. The zero-order valence-corrected chi connectivity index (χ0v) is 17.8. The Morgan fingerprint density at radius 1 is 0.938 bits per heavy atom. The minimum Gasteiger partial charge on any atom is -0.494 e. The number of hydrogen-bond donors (Lipinski definition) is 1. The van der Waals surface area contributed by atoms with Crippen molar-refractivity contribution in [3.8, 4) is 5.75 Å². The quantitative estimate of drug-likeness (QED) is 0.280. The monoisotopic (exact) mass is 445 g/mol. The van der Waals surface area contributed by atoms with E-state index in [1.807, 2.05) is 0 Å². The zero-order valence-electron chi connectivity index (χ0n) is 17.8. The number of nitrogens with one attached hydrogen (secondary N) is 1. The molecule has 0 aromatic heterocycles. The molecule has 10 nitrogen and oxygen atoms in total. The number of hydrogen-bond acceptors (Lipinski definition) is 8. The van der Waals surface area contributed by atoms with Gasteiger partial charge in [-0.15, -0.1) is 0 Å². The standard InChI is InChI=1S/C22H27N3O7/c26-19-9-8-18(20(27)24-19)25-21(28)16-7-6-15(14-17(16)22(25)29)32-13-4-1-3-11-31-12-5-2-10-23-30/h6-7,14,18H,1-5,8-13H2,(H,24,26,27). The van der Waals surface area contributed by atoms with Crippen LogP contribution < -0.4 is 10.1 Å². The van der Waals surface area contributed by atoms with Gasteiger partial charge in [0.1, 0.15) is 11.8 Å². The van der Waals surface area contributed by atoms with Crippen molar-refractivity contribution in [2.45, 2.75) is 51.0 Å². The number of benzene rings is 1. The molecule has 1 atom stereocenters. The van der Waals surface area contributed by atoms with Crippen LogP contribution in [0.3, 0.4) is 0 Å². The van der Waals surface area contributed by atoms with Gasteiger partial charge in [0.05, 0.1) is 24.3 Å². The number of rotatable bonds is 13. The number of imide groups is 2. The number of carbonyl (C=O) groups excluding carboxylic acids is 4. The van der Waals surface area contributed by atoms with Crippen molar-refractivity contribution in [3.05, 3.63) is 34.2 Å². The average molecular weight is 445 g/mol. The Hall–Kier alpha value is -3.14. The van der Waals surface area contributed by atoms with Crippen molar-refractivity contribution in [2.75, 3.05) is 26.4 Å². The van der Waals surface area contributed by atoms with Gasteiger partial charge in [-0.1, -0.05) is 5.18 Å². The molecule has 2 heterocycles. The van der Waals surface area contributed by atoms with Crippen molar-refractivity contribution in [2.24, 2.45) is 5.18 Å². The van der Waals surface area contributed by atoms with Gasteiger partial charge in [-0.05, 0) is 56.7 Å². The molecule has 0 saturated carbocycles. The van der Waals surface area contributed by atoms with Crippen molar-refractivity contribution in [3.63, 3.8) is 0 Å². The van der Waals surface area contributed by atoms with E-state index in [4.69, 9.17) is 9.47 Å². The molecule has 1 N–H and O–H groups in total. The van der Waals surface area contributed by atoms with Gasteiger partial charge in [0.15, 0.2) is 0 Å². The Bertz CT molecular complexity index is 886. The molecule has 1 aromatic rings. The molecule has 1 saturated heterocycles. The molecule has 0 bridgehead atoms. The molecule has 172 valence electrons. The smallest absolute Gasteiger partial charge is 0.262 e. The van der Waals surface area contributed by atoms with Crippen molar-refractivity contribution in [1.29, 1.82) is 0 Å². The Morgan fingerprint density at radius 2 is 1.66 bits per heavy atom. The van der Waals surface area contributed by atoms with E-state index in [0.29, 0.717) is 32.1 Å². The third-order valence-electron chi connectivity index (χ3n) is 5.40. The molecular weight excluding hydrogens is 418 g/mol. The van der Waals surface area contributed by atoms with Crippen LogP contribution in [0.15, 0.2) is 23.4 Å². The van der Waals surface area contributed by atoms with Crippen LogP contribution in [-0.2, 0) is 14.3 Å². The van der Waals surface area contributed by atoms with E-state index in [9.17, 15) is 24.1 Å². The molecule has 10 heteroatoms. The largest absolute Gasteiger partial charge is 0.494 e. The highest BCUT2D eigenvalue weighted by Gasteiger charge is 2.44. The lowest BCUT2D eigenvalue weighted by Gasteiger charge is -2.27. The lowest BCUT2D eigenvalue weighted by molar-refractivity contribution is -0.136. The highest BCUT2D eigenvalue weighted by molar-refractivity contribution is 6.23. The van der Waals surface area contributed by atoms with Crippen molar-refractivity contribution >= 4 is 23.6 Å². The van der Waals surface area contributed by atoms with E-state index in [-0.39, 0.29) is 24.0 Å². The summed E-state index contributed by atoms with van der Waals surface area (Å²) in [5, 5.41) is 4.98. The number of ether oxygens (including phenoxy) is 2. The lowest BCUT2D eigenvalue weighted by atomic mass is 10.0. The van der Waals surface area contributed by atoms with Gasteiger partial charge in [-0.2, -0.15) is 4.91 Å². The van der Waals surface area contributed by atoms with Gasteiger partial charge >= 0.3 is 0 Å². The highest BCUT2D eigenvalue weighted by Crippen LogP contribution is 2.30. The summed E-state index contributed by atoms with van der Waals surface area (Å²) in [6, 6.07) is 3.71. The Labute approximate surface area is 185 Å². The van der Waals surface area contributed by atoms with Crippen LogP contribution in [0, 0.1) is 4.91 Å². The van der Waals surface area contributed by atoms with Crippen LogP contribution >= 0.6 is 0 Å². The third kappa shape index (κ3) is 5.76. The topological polar surface area (TPSA) is 131 Å². The maximum atomic E-state index is 12.8. The molecular formula is C22H27N3O7. The second kappa shape index (κ2) is 11.5. The predicted molar refractivity (Wildman–Crippen MR) is 113 cm³/mol. The highest BCUT2D eigenvalue weighted by atomic mass is 16.5. The summed E-state index contributed by atoms with van der Waals surface area (Å²) >= 11 is 0. The van der Waals surface area contributed by atoms with Crippen LogP contribution in [0.4, 0.5) is 0 Å². The number of amides is 4. The minimum absolute atomic E-state index is 0.0842. The normalized spacial score (nSPS) is 18.0. The van der Waals surface area contributed by atoms with E-state index < -0.39 is 29.7 Å². The zero-order chi connectivity index (χ0) is 22.9. The Balaban J connectivity index is 1.42. The average Bonchev–Trinajstić information content (AvgIpc) is 3.02. The SMILES string of the molecule is O=NCCCCOCCCCCOc1ccc2c(c1)C(=O)N(C1CCC(=O)NC1=O)C2=O. The van der Waals surface area contributed by atoms with Gasteiger partial charge < -0.3 is 9.47 Å². The van der Waals surface area contributed by atoms with Crippen LogP contribution in [0.25, 0.3) is 0 Å². The lowest BCUT2D eigenvalue weighted by Crippen LogP contribution is -2.54. The first-order chi connectivity index (χ1) is 15.5. The van der Waals surface area contributed by atoms with Crippen LogP contribution in [0.5, 0.6) is 5.75 Å². The maximum absolute atomic E-state index is 12.8. The van der Waals surface area contributed by atoms with Gasteiger partial charge in [-0.3, -0.25) is 29.4 Å². The fourth-order valence-corrected chi connectivity index (χ4v) is 3.70. The number of fused-ring (bicyclic) bond motifs is 1. The second-order valence-corrected chi connectivity index (χ2v) is 7.74. The number of carbonyl (C=O) groups is 4. The predicted octanol–water partition coefficient (Wildman–Crippen LogP) is 2.20. The number of unbranched alkanes of at least 4 members (excludes halogenated alkanes) is 3. The molecule has 32 heavy (non-hydrogen) atoms. The molecule has 4 amide bonds. The van der Waals surface area contributed by atoms with E-state index in [1.165, 1.54) is 12.1 Å². The number of piperidine rings is 1. The van der Waals surface area contributed by atoms with Crippen molar-refractivity contribution in [1.82, 2.24) is 10.2 Å². The summed E-state index contributed by atoms with van der Waals surface area (Å²) in [7, 11) is 0. The van der Waals surface area contributed by atoms with Gasteiger partial charge in [0.2, 0.25) is 11.8 Å². The molecule has 1 aromatic carbocycles. The van der Waals surface area contributed by atoms with E-state index in [2.05, 4.69) is 10.5 Å².